The average Bonchev–Trinajstić information content (AvgIpc) is 3.14. The number of ether oxygens (including phenoxy) is 1. The van der Waals surface area contributed by atoms with Gasteiger partial charge in [0.15, 0.2) is 5.96 Å². The lowest BCUT2D eigenvalue weighted by Crippen LogP contribution is -2.48. The van der Waals surface area contributed by atoms with Gasteiger partial charge < -0.3 is 15.0 Å². The van der Waals surface area contributed by atoms with E-state index in [9.17, 15) is 0 Å². The van der Waals surface area contributed by atoms with Crippen LogP contribution in [-0.4, -0.2) is 49.1 Å². The van der Waals surface area contributed by atoms with Gasteiger partial charge in [-0.05, 0) is 24.5 Å². The molecule has 0 aliphatic carbocycles. The predicted molar refractivity (Wildman–Crippen MR) is 123 cm³/mol. The third-order valence-corrected chi connectivity index (χ3v) is 5.72. The summed E-state index contributed by atoms with van der Waals surface area (Å²) in [6.07, 6.45) is 2.02. The molecule has 148 valence electrons. The molecule has 5 nitrogen and oxygen atoms in total. The molecule has 1 fully saturated rings. The third kappa shape index (κ3) is 5.89. The number of guanidine groups is 1. The number of nitrogens with zero attached hydrogens (tertiary/aromatic N) is 3. The number of aromatic nitrogens is 1. The molecule has 0 saturated carbocycles. The van der Waals surface area contributed by atoms with Gasteiger partial charge in [0.1, 0.15) is 6.10 Å². The van der Waals surface area contributed by atoms with Gasteiger partial charge in [-0.25, -0.2) is 4.98 Å². The Balaban J connectivity index is 0.00000261. The first-order chi connectivity index (χ1) is 12.7. The Morgan fingerprint density at radius 1 is 1.41 bits per heavy atom. The quantitative estimate of drug-likeness (QED) is 0.386. The highest BCUT2D eigenvalue weighted by atomic mass is 127. The van der Waals surface area contributed by atoms with E-state index in [1.54, 1.807) is 11.3 Å². The molecule has 0 bridgehead atoms. The third-order valence-electron chi connectivity index (χ3n) is 4.68. The SMILES string of the molecule is CCc1nc(CCNC(=NC)N2CCOC(c3ccccc3C)C2)cs1.I. The lowest BCUT2D eigenvalue weighted by molar-refractivity contribution is -0.00829. The topological polar surface area (TPSA) is 49.8 Å². The molecule has 1 aromatic carbocycles. The molecule has 7 heteroatoms. The van der Waals surface area contributed by atoms with Crippen LogP contribution in [0.2, 0.25) is 0 Å². The van der Waals surface area contributed by atoms with Crippen molar-refractivity contribution in [3.63, 3.8) is 0 Å². The normalized spacial score (nSPS) is 17.5. The highest BCUT2D eigenvalue weighted by molar-refractivity contribution is 14.0. The zero-order chi connectivity index (χ0) is 18.4. The van der Waals surface area contributed by atoms with Crippen molar-refractivity contribution >= 4 is 41.3 Å². The van der Waals surface area contributed by atoms with E-state index in [0.29, 0.717) is 6.61 Å². The van der Waals surface area contributed by atoms with Gasteiger partial charge in [0.2, 0.25) is 0 Å². The van der Waals surface area contributed by atoms with E-state index in [2.05, 4.69) is 63.7 Å². The van der Waals surface area contributed by atoms with E-state index in [4.69, 9.17) is 4.74 Å². The highest BCUT2D eigenvalue weighted by Crippen LogP contribution is 2.24. The van der Waals surface area contributed by atoms with Crippen molar-refractivity contribution in [1.82, 2.24) is 15.2 Å². The second kappa shape index (κ2) is 11.0. The summed E-state index contributed by atoms with van der Waals surface area (Å²) in [5, 5.41) is 6.85. The first kappa shape index (κ1) is 22.1. The molecular weight excluding hydrogens is 471 g/mol. The maximum atomic E-state index is 6.03. The zero-order valence-corrected chi connectivity index (χ0v) is 19.4. The van der Waals surface area contributed by atoms with Crippen LogP contribution in [0, 0.1) is 6.92 Å². The van der Waals surface area contributed by atoms with Crippen LogP contribution < -0.4 is 5.32 Å². The van der Waals surface area contributed by atoms with E-state index < -0.39 is 0 Å². The fourth-order valence-corrected chi connectivity index (χ4v) is 4.02. The molecule has 1 atom stereocenters. The monoisotopic (exact) mass is 500 g/mol. The predicted octanol–water partition coefficient (Wildman–Crippen LogP) is 3.82. The molecule has 2 heterocycles. The molecule has 1 aliphatic heterocycles. The van der Waals surface area contributed by atoms with Crippen LogP contribution in [0.25, 0.3) is 0 Å². The van der Waals surface area contributed by atoms with Crippen LogP contribution in [0.3, 0.4) is 0 Å². The summed E-state index contributed by atoms with van der Waals surface area (Å²) in [6.45, 7) is 7.52. The van der Waals surface area contributed by atoms with Crippen LogP contribution in [0.5, 0.6) is 0 Å². The van der Waals surface area contributed by atoms with Crippen molar-refractivity contribution in [2.45, 2.75) is 32.8 Å². The Hall–Kier alpha value is -1.19. The van der Waals surface area contributed by atoms with Gasteiger partial charge in [0.05, 0.1) is 23.9 Å². The fraction of sp³-hybridized carbons (Fsp3) is 0.500. The van der Waals surface area contributed by atoms with Crippen molar-refractivity contribution in [2.24, 2.45) is 4.99 Å². The van der Waals surface area contributed by atoms with Crippen molar-refractivity contribution in [1.29, 1.82) is 0 Å². The number of aliphatic imine (C=N–C) groups is 1. The number of halogens is 1. The van der Waals surface area contributed by atoms with Crippen molar-refractivity contribution < 1.29 is 4.74 Å². The maximum absolute atomic E-state index is 6.03. The minimum Gasteiger partial charge on any atom is -0.370 e. The van der Waals surface area contributed by atoms with Crippen molar-refractivity contribution in [2.75, 3.05) is 33.3 Å². The van der Waals surface area contributed by atoms with Gasteiger partial charge in [-0.2, -0.15) is 0 Å². The summed E-state index contributed by atoms with van der Waals surface area (Å²) < 4.78 is 6.03. The molecule has 0 spiro atoms. The molecule has 3 rings (SSSR count). The van der Waals surface area contributed by atoms with E-state index in [0.717, 1.165) is 44.1 Å². The molecular formula is C20H29IN4OS. The number of hydrogen-bond acceptors (Lipinski definition) is 4. The van der Waals surface area contributed by atoms with Gasteiger partial charge in [0, 0.05) is 31.9 Å². The summed E-state index contributed by atoms with van der Waals surface area (Å²) in [5.74, 6) is 0.942. The van der Waals surface area contributed by atoms with Gasteiger partial charge >= 0.3 is 0 Å². The Kier molecular flexibility index (Phi) is 8.98. The minimum absolute atomic E-state index is 0. The molecule has 1 aliphatic rings. The summed E-state index contributed by atoms with van der Waals surface area (Å²) >= 11 is 1.75. The van der Waals surface area contributed by atoms with Crippen LogP contribution in [0.4, 0.5) is 0 Å². The second-order valence-electron chi connectivity index (χ2n) is 6.47. The summed E-state index contributed by atoms with van der Waals surface area (Å²) in [5.41, 5.74) is 3.70. The maximum Gasteiger partial charge on any atom is 0.193 e. The van der Waals surface area contributed by atoms with E-state index >= 15 is 0 Å². The molecule has 0 amide bonds. The first-order valence-electron chi connectivity index (χ1n) is 9.27. The van der Waals surface area contributed by atoms with Crippen LogP contribution >= 0.6 is 35.3 Å². The molecule has 1 N–H and O–H groups in total. The largest absolute Gasteiger partial charge is 0.370 e. The molecule has 2 aromatic rings. The number of rotatable bonds is 5. The Bertz CT molecular complexity index is 749. The molecule has 1 aromatic heterocycles. The molecule has 1 saturated heterocycles. The van der Waals surface area contributed by atoms with Crippen molar-refractivity contribution in [3.05, 3.63) is 51.5 Å². The minimum atomic E-state index is 0. The summed E-state index contributed by atoms with van der Waals surface area (Å²) in [4.78, 5) is 11.4. The fourth-order valence-electron chi connectivity index (χ4n) is 3.24. The van der Waals surface area contributed by atoms with Crippen LogP contribution in [-0.2, 0) is 17.6 Å². The number of aryl methyl sites for hydroxylation is 2. The van der Waals surface area contributed by atoms with Crippen molar-refractivity contribution in [3.8, 4) is 0 Å². The number of thiazole rings is 1. The number of benzene rings is 1. The number of morpholine rings is 1. The lowest BCUT2D eigenvalue weighted by atomic mass is 10.0. The molecule has 1 unspecified atom stereocenters. The molecule has 27 heavy (non-hydrogen) atoms. The zero-order valence-electron chi connectivity index (χ0n) is 16.3. The average molecular weight is 500 g/mol. The van der Waals surface area contributed by atoms with Gasteiger partial charge in [-0.1, -0.05) is 31.2 Å². The smallest absolute Gasteiger partial charge is 0.193 e. The lowest BCUT2D eigenvalue weighted by Gasteiger charge is -2.35. The summed E-state index contributed by atoms with van der Waals surface area (Å²) in [7, 11) is 1.85. The van der Waals surface area contributed by atoms with E-state index in [1.807, 2.05) is 7.05 Å². The van der Waals surface area contributed by atoms with Gasteiger partial charge in [-0.15, -0.1) is 35.3 Å². The Morgan fingerprint density at radius 3 is 2.93 bits per heavy atom. The van der Waals surface area contributed by atoms with Gasteiger partial charge in [0.25, 0.3) is 0 Å². The highest BCUT2D eigenvalue weighted by Gasteiger charge is 2.25. The first-order valence-corrected chi connectivity index (χ1v) is 10.1. The number of hydrogen-bond donors (Lipinski definition) is 1. The van der Waals surface area contributed by atoms with Crippen LogP contribution in [0.1, 0.15) is 34.9 Å². The van der Waals surface area contributed by atoms with E-state index in [-0.39, 0.29) is 30.1 Å². The Morgan fingerprint density at radius 2 is 2.22 bits per heavy atom. The second-order valence-corrected chi connectivity index (χ2v) is 7.41. The summed E-state index contributed by atoms with van der Waals surface area (Å²) in [6, 6.07) is 8.45. The number of nitrogens with one attached hydrogen (secondary N) is 1. The Labute approximate surface area is 183 Å². The molecule has 0 radical (unpaired) electrons. The van der Waals surface area contributed by atoms with E-state index in [1.165, 1.54) is 16.1 Å². The van der Waals surface area contributed by atoms with Crippen LogP contribution in [0.15, 0.2) is 34.6 Å². The standard InChI is InChI=1S/C20H28N4OS.HI/c1-4-19-23-16(14-26-19)9-10-22-20(21-3)24-11-12-25-18(13-24)17-8-6-5-7-15(17)2;/h5-8,14,18H,4,9-13H2,1-3H3,(H,21,22);1H. The van der Waals surface area contributed by atoms with Gasteiger partial charge in [-0.3, -0.25) is 4.99 Å².